The van der Waals surface area contributed by atoms with Crippen LogP contribution in [0.5, 0.6) is 0 Å². The molecule has 1 amide bonds. The zero-order valence-electron chi connectivity index (χ0n) is 15.1. The first-order chi connectivity index (χ1) is 13.4. The van der Waals surface area contributed by atoms with Crippen LogP contribution in [0.3, 0.4) is 0 Å². The Balaban J connectivity index is 1.75. The van der Waals surface area contributed by atoms with Gasteiger partial charge >= 0.3 is 6.18 Å². The Labute approximate surface area is 159 Å². The van der Waals surface area contributed by atoms with E-state index in [1.54, 1.807) is 36.2 Å². The zero-order chi connectivity index (χ0) is 19.9. The molecule has 3 aromatic rings. The second-order valence-corrected chi connectivity index (χ2v) is 6.72. The van der Waals surface area contributed by atoms with Crippen molar-refractivity contribution in [2.45, 2.75) is 38.4 Å². The molecule has 1 fully saturated rings. The molecule has 6 nitrogen and oxygen atoms in total. The average molecular weight is 389 g/mol. The van der Waals surface area contributed by atoms with Crippen LogP contribution in [0.1, 0.15) is 53.2 Å². The van der Waals surface area contributed by atoms with Gasteiger partial charge in [0.25, 0.3) is 5.91 Å². The van der Waals surface area contributed by atoms with Crippen LogP contribution < -0.4 is 0 Å². The van der Waals surface area contributed by atoms with Crippen LogP contribution >= 0.6 is 0 Å². The van der Waals surface area contributed by atoms with Crippen LogP contribution in [0.2, 0.25) is 0 Å². The van der Waals surface area contributed by atoms with Crippen molar-refractivity contribution < 1.29 is 18.0 Å². The molecule has 4 heterocycles. The lowest BCUT2D eigenvalue weighted by molar-refractivity contribution is -0.142. The van der Waals surface area contributed by atoms with Crippen LogP contribution in [-0.2, 0) is 12.6 Å². The Morgan fingerprint density at radius 2 is 2.14 bits per heavy atom. The van der Waals surface area contributed by atoms with Crippen molar-refractivity contribution in [1.82, 2.24) is 24.5 Å². The minimum absolute atomic E-state index is 0.141. The molecule has 0 aromatic carbocycles. The second kappa shape index (κ2) is 6.88. The predicted octanol–water partition coefficient (Wildman–Crippen LogP) is 3.68. The number of halogens is 3. The number of likely N-dealkylation sites (tertiary alicyclic amines) is 1. The van der Waals surface area contributed by atoms with Crippen molar-refractivity contribution in [3.63, 3.8) is 0 Å². The SMILES string of the molecule is CCc1cc(C(F)(F)F)n2nc(C3CCCN3C(=O)c3cccnc3)cc2n1. The number of fused-ring (bicyclic) bond motifs is 1. The van der Waals surface area contributed by atoms with Gasteiger partial charge in [-0.05, 0) is 37.5 Å². The number of carbonyl (C=O) groups excluding carboxylic acids is 1. The molecule has 1 aliphatic rings. The maximum atomic E-state index is 13.5. The largest absolute Gasteiger partial charge is 0.433 e. The van der Waals surface area contributed by atoms with Gasteiger partial charge in [-0.3, -0.25) is 9.78 Å². The van der Waals surface area contributed by atoms with E-state index in [0.717, 1.165) is 17.0 Å². The average Bonchev–Trinajstić information content (AvgIpc) is 3.32. The van der Waals surface area contributed by atoms with Gasteiger partial charge in [0.15, 0.2) is 5.65 Å². The lowest BCUT2D eigenvalue weighted by Gasteiger charge is -2.23. The van der Waals surface area contributed by atoms with Crippen molar-refractivity contribution in [1.29, 1.82) is 0 Å². The number of alkyl halides is 3. The maximum absolute atomic E-state index is 13.5. The Bertz CT molecular complexity index is 1020. The quantitative estimate of drug-likeness (QED) is 0.686. The highest BCUT2D eigenvalue weighted by molar-refractivity contribution is 5.94. The van der Waals surface area contributed by atoms with Crippen LogP contribution in [0.25, 0.3) is 5.65 Å². The van der Waals surface area contributed by atoms with Gasteiger partial charge in [-0.25, -0.2) is 9.50 Å². The number of rotatable bonds is 3. The van der Waals surface area contributed by atoms with Crippen LogP contribution in [0.4, 0.5) is 13.2 Å². The molecule has 1 unspecified atom stereocenters. The number of aryl methyl sites for hydroxylation is 1. The summed E-state index contributed by atoms with van der Waals surface area (Å²) in [5.74, 6) is -0.203. The molecule has 1 aliphatic heterocycles. The van der Waals surface area contributed by atoms with Crippen LogP contribution in [-0.4, -0.2) is 36.9 Å². The zero-order valence-corrected chi connectivity index (χ0v) is 15.1. The van der Waals surface area contributed by atoms with Crippen molar-refractivity contribution in [3.8, 4) is 0 Å². The summed E-state index contributed by atoms with van der Waals surface area (Å²) in [4.78, 5) is 22.7. The van der Waals surface area contributed by atoms with Gasteiger partial charge in [0, 0.05) is 30.7 Å². The topological polar surface area (TPSA) is 63.4 Å². The highest BCUT2D eigenvalue weighted by atomic mass is 19.4. The van der Waals surface area contributed by atoms with Gasteiger partial charge in [0.1, 0.15) is 5.69 Å². The third-order valence-electron chi connectivity index (χ3n) is 4.92. The van der Waals surface area contributed by atoms with Crippen LogP contribution in [0, 0.1) is 0 Å². The van der Waals surface area contributed by atoms with Crippen LogP contribution in [0.15, 0.2) is 36.7 Å². The summed E-state index contributed by atoms with van der Waals surface area (Å²) < 4.78 is 41.3. The van der Waals surface area contributed by atoms with Crippen molar-refractivity contribution >= 4 is 11.6 Å². The smallest absolute Gasteiger partial charge is 0.330 e. The molecule has 0 spiro atoms. The Kier molecular flexibility index (Phi) is 4.52. The van der Waals surface area contributed by atoms with Crippen molar-refractivity contribution in [2.24, 2.45) is 0 Å². The molecule has 0 saturated carbocycles. The fraction of sp³-hybridized carbons (Fsp3) is 0.368. The molecule has 1 atom stereocenters. The summed E-state index contributed by atoms with van der Waals surface area (Å²) in [5, 5.41) is 4.19. The van der Waals surface area contributed by atoms with Gasteiger partial charge in [-0.2, -0.15) is 18.3 Å². The summed E-state index contributed by atoms with van der Waals surface area (Å²) in [7, 11) is 0. The third kappa shape index (κ3) is 3.21. The van der Waals surface area contributed by atoms with Gasteiger partial charge in [-0.1, -0.05) is 6.92 Å². The normalized spacial score (nSPS) is 17.4. The predicted molar refractivity (Wildman–Crippen MR) is 94.6 cm³/mol. The van der Waals surface area contributed by atoms with E-state index in [2.05, 4.69) is 15.1 Å². The minimum Gasteiger partial charge on any atom is -0.330 e. The summed E-state index contributed by atoms with van der Waals surface area (Å²) in [6, 6.07) is 5.53. The molecule has 0 bridgehead atoms. The van der Waals surface area contributed by atoms with Crippen molar-refractivity contribution in [2.75, 3.05) is 6.54 Å². The lowest BCUT2D eigenvalue weighted by atomic mass is 10.1. The molecule has 4 rings (SSSR count). The first-order valence-corrected chi connectivity index (χ1v) is 9.06. The molecular weight excluding hydrogens is 371 g/mol. The van der Waals surface area contributed by atoms with Crippen molar-refractivity contribution in [3.05, 3.63) is 59.3 Å². The number of nitrogens with zero attached hydrogens (tertiary/aromatic N) is 5. The number of aromatic nitrogens is 4. The van der Waals surface area contributed by atoms with Gasteiger partial charge in [0.2, 0.25) is 0 Å². The number of amides is 1. The first-order valence-electron chi connectivity index (χ1n) is 9.06. The van der Waals surface area contributed by atoms with E-state index >= 15 is 0 Å². The van der Waals surface area contributed by atoms with Gasteiger partial charge in [0.05, 0.1) is 17.3 Å². The molecule has 0 aliphatic carbocycles. The Morgan fingerprint density at radius 3 is 2.82 bits per heavy atom. The maximum Gasteiger partial charge on any atom is 0.433 e. The molecule has 3 aromatic heterocycles. The molecule has 0 radical (unpaired) electrons. The summed E-state index contributed by atoms with van der Waals surface area (Å²) in [5.41, 5.74) is 0.494. The minimum atomic E-state index is -4.55. The number of hydrogen-bond acceptors (Lipinski definition) is 4. The molecular formula is C19H18F3N5O. The van der Waals surface area contributed by atoms with E-state index in [1.165, 1.54) is 6.20 Å². The Morgan fingerprint density at radius 1 is 1.32 bits per heavy atom. The monoisotopic (exact) mass is 389 g/mol. The number of hydrogen-bond donors (Lipinski definition) is 0. The first kappa shape index (κ1) is 18.4. The highest BCUT2D eigenvalue weighted by Gasteiger charge is 2.37. The number of pyridine rings is 1. The summed E-state index contributed by atoms with van der Waals surface area (Å²) in [6.45, 7) is 2.27. The molecule has 9 heteroatoms. The third-order valence-corrected chi connectivity index (χ3v) is 4.92. The fourth-order valence-electron chi connectivity index (χ4n) is 3.56. The lowest BCUT2D eigenvalue weighted by Crippen LogP contribution is -2.30. The molecule has 0 N–H and O–H groups in total. The van der Waals surface area contributed by atoms with Gasteiger partial charge in [-0.15, -0.1) is 0 Å². The summed E-state index contributed by atoms with van der Waals surface area (Å²) >= 11 is 0. The molecule has 1 saturated heterocycles. The fourth-order valence-corrected chi connectivity index (χ4v) is 3.56. The second-order valence-electron chi connectivity index (χ2n) is 6.72. The van der Waals surface area contributed by atoms with E-state index in [9.17, 15) is 18.0 Å². The highest BCUT2D eigenvalue weighted by Crippen LogP contribution is 2.35. The van der Waals surface area contributed by atoms with E-state index in [-0.39, 0.29) is 17.6 Å². The number of carbonyl (C=O) groups is 1. The van der Waals surface area contributed by atoms with Gasteiger partial charge < -0.3 is 4.90 Å². The molecule has 28 heavy (non-hydrogen) atoms. The van der Waals surface area contributed by atoms with E-state index in [0.29, 0.717) is 36.3 Å². The van der Waals surface area contributed by atoms with E-state index in [1.807, 2.05) is 0 Å². The Hall–Kier alpha value is -2.97. The molecule has 146 valence electrons. The standard InChI is InChI=1S/C19H18F3N5O/c1-2-13-9-16(19(20,21)22)27-17(24-13)10-14(25-27)15-6-4-8-26(15)18(28)12-5-3-7-23-11-12/h3,5,7,9-11,15H,2,4,6,8H2,1H3. The van der Waals surface area contributed by atoms with E-state index in [4.69, 9.17) is 0 Å². The van der Waals surface area contributed by atoms with E-state index < -0.39 is 11.9 Å². The summed E-state index contributed by atoms with van der Waals surface area (Å²) in [6.07, 6.45) is 0.292.